The minimum atomic E-state index is -0.522. The minimum Gasteiger partial charge on any atom is -0.493 e. The third-order valence-corrected chi connectivity index (χ3v) is 7.29. The van der Waals surface area contributed by atoms with Crippen LogP contribution < -0.4 is 9.47 Å². The first-order valence-corrected chi connectivity index (χ1v) is 9.39. The highest BCUT2D eigenvalue weighted by molar-refractivity contribution is 9.10. The Morgan fingerprint density at radius 2 is 2.12 bits per heavy atom. The molecule has 0 N–H and O–H groups in total. The molecule has 2 bridgehead atoms. The number of piperidine rings is 1. The smallest absolute Gasteiger partial charge is 0.238 e. The third-order valence-electron chi connectivity index (χ3n) is 6.59. The number of ether oxygens (including phenoxy) is 3. The maximum absolute atomic E-state index is 13.1. The highest BCUT2D eigenvalue weighted by Gasteiger charge is 2.66. The lowest BCUT2D eigenvalue weighted by Crippen LogP contribution is -2.64. The van der Waals surface area contributed by atoms with Gasteiger partial charge in [0.25, 0.3) is 0 Å². The van der Waals surface area contributed by atoms with Crippen molar-refractivity contribution in [2.45, 2.75) is 30.4 Å². The quantitative estimate of drug-likeness (QED) is 0.705. The van der Waals surface area contributed by atoms with Gasteiger partial charge in [-0.1, -0.05) is 15.9 Å². The van der Waals surface area contributed by atoms with Crippen molar-refractivity contribution >= 4 is 34.1 Å². The molecule has 1 spiro atoms. The van der Waals surface area contributed by atoms with E-state index in [1.807, 2.05) is 12.1 Å². The van der Waals surface area contributed by atoms with E-state index in [4.69, 9.17) is 14.2 Å². The molecule has 0 saturated carbocycles. The summed E-state index contributed by atoms with van der Waals surface area (Å²) < 4.78 is 18.3. The SMILES string of the molecule is COC1=C[C@H]2[C@H]3Cc4c(Br)cc(OC)c5c4[C@@]2(CCN3C)[C@@H](O5)C1=O.Cl. The number of likely N-dealkylation sites (N-methyl/N-ethyl adjacent to an activating group) is 1. The van der Waals surface area contributed by atoms with Crippen molar-refractivity contribution in [1.82, 2.24) is 4.90 Å². The summed E-state index contributed by atoms with van der Waals surface area (Å²) >= 11 is 3.73. The van der Waals surface area contributed by atoms with Gasteiger partial charge in [0.05, 0.1) is 19.6 Å². The van der Waals surface area contributed by atoms with Crippen LogP contribution in [-0.4, -0.2) is 50.6 Å². The average molecular weight is 443 g/mol. The molecule has 0 radical (unpaired) electrons. The molecule has 4 aliphatic rings. The Balaban J connectivity index is 0.00000168. The largest absolute Gasteiger partial charge is 0.493 e. The topological polar surface area (TPSA) is 48.0 Å². The van der Waals surface area contributed by atoms with E-state index in [0.29, 0.717) is 17.6 Å². The summed E-state index contributed by atoms with van der Waals surface area (Å²) in [7, 11) is 5.38. The summed E-state index contributed by atoms with van der Waals surface area (Å²) in [6, 6.07) is 2.30. The normalized spacial score (nSPS) is 33.6. The zero-order valence-electron chi connectivity index (χ0n) is 14.9. The van der Waals surface area contributed by atoms with Crippen LogP contribution in [0.1, 0.15) is 17.5 Å². The zero-order chi connectivity index (χ0) is 17.5. The standard InChI is InChI=1S/C19H20BrNO4.ClH/c1-21-5-4-19-10-7-13(23-2)16(22)18(19)25-17-14(24-3)8-11(20)9(15(17)19)6-12(10)21;/h7-8,10,12,18H,4-6H2,1-3H3;1H/t10-,12+,18-,19-;/m0./s1. The van der Waals surface area contributed by atoms with E-state index in [1.54, 1.807) is 14.2 Å². The molecule has 7 heteroatoms. The molecule has 0 aromatic heterocycles. The Bertz CT molecular complexity index is 841. The van der Waals surface area contributed by atoms with Gasteiger partial charge in [0, 0.05) is 22.0 Å². The number of halogens is 2. The van der Waals surface area contributed by atoms with Crippen LogP contribution in [0.15, 0.2) is 22.4 Å². The number of hydrogen-bond donors (Lipinski definition) is 0. The number of nitrogens with zero attached hydrogens (tertiary/aromatic N) is 1. The fraction of sp³-hybridized carbons (Fsp3) is 0.526. The van der Waals surface area contributed by atoms with E-state index in [-0.39, 0.29) is 29.5 Å². The van der Waals surface area contributed by atoms with Crippen LogP contribution in [0.3, 0.4) is 0 Å². The molecule has 1 fully saturated rings. The van der Waals surface area contributed by atoms with Gasteiger partial charge in [0.1, 0.15) is 0 Å². The number of rotatable bonds is 2. The number of benzene rings is 1. The first kappa shape index (κ1) is 18.1. The Hall–Kier alpha value is -1.24. The van der Waals surface area contributed by atoms with Gasteiger partial charge in [-0.05, 0) is 44.1 Å². The lowest BCUT2D eigenvalue weighted by atomic mass is 9.53. The third kappa shape index (κ3) is 1.93. The van der Waals surface area contributed by atoms with Crippen LogP contribution in [0.4, 0.5) is 0 Å². The van der Waals surface area contributed by atoms with E-state index in [1.165, 1.54) is 11.1 Å². The van der Waals surface area contributed by atoms with Crippen molar-refractivity contribution in [2.24, 2.45) is 5.92 Å². The summed E-state index contributed by atoms with van der Waals surface area (Å²) in [5.41, 5.74) is 2.13. The van der Waals surface area contributed by atoms with Crippen LogP contribution >= 0.6 is 28.3 Å². The van der Waals surface area contributed by atoms with Gasteiger partial charge in [0.2, 0.25) is 5.78 Å². The summed E-state index contributed by atoms with van der Waals surface area (Å²) in [5, 5.41) is 0. The van der Waals surface area contributed by atoms with Gasteiger partial charge in [-0.3, -0.25) is 4.79 Å². The summed E-state index contributed by atoms with van der Waals surface area (Å²) in [4.78, 5) is 15.5. The highest BCUT2D eigenvalue weighted by atomic mass is 79.9. The van der Waals surface area contributed by atoms with E-state index < -0.39 is 6.10 Å². The van der Waals surface area contributed by atoms with Gasteiger partial charge < -0.3 is 19.1 Å². The molecule has 2 heterocycles. The predicted molar refractivity (Wildman–Crippen MR) is 102 cm³/mol. The van der Waals surface area contributed by atoms with Crippen LogP contribution in [0.5, 0.6) is 11.5 Å². The fourth-order valence-electron chi connectivity index (χ4n) is 5.45. The zero-order valence-corrected chi connectivity index (χ0v) is 17.3. The Morgan fingerprint density at radius 3 is 2.81 bits per heavy atom. The Labute approximate surface area is 167 Å². The fourth-order valence-corrected chi connectivity index (χ4v) is 6.02. The average Bonchev–Trinajstić information content (AvgIpc) is 2.95. The van der Waals surface area contributed by atoms with Crippen LogP contribution in [0.2, 0.25) is 0 Å². The molecular formula is C19H21BrClNO4. The number of Topliss-reactive ketones (excluding diaryl/α,β-unsaturated/α-hetero) is 1. The molecule has 4 atom stereocenters. The Morgan fingerprint density at radius 1 is 1.35 bits per heavy atom. The van der Waals surface area contributed by atoms with Gasteiger partial charge in [0.15, 0.2) is 23.4 Å². The van der Waals surface area contributed by atoms with E-state index in [2.05, 4.69) is 27.9 Å². The highest BCUT2D eigenvalue weighted by Crippen LogP contribution is 2.63. The first-order chi connectivity index (χ1) is 12.0. The molecule has 1 saturated heterocycles. The van der Waals surface area contributed by atoms with Crippen molar-refractivity contribution in [3.63, 3.8) is 0 Å². The number of ketones is 1. The summed E-state index contributed by atoms with van der Waals surface area (Å²) in [5.74, 6) is 2.02. The second-order valence-corrected chi connectivity index (χ2v) is 8.26. The number of methoxy groups -OCH3 is 2. The van der Waals surface area contributed by atoms with Gasteiger partial charge in [-0.15, -0.1) is 12.4 Å². The van der Waals surface area contributed by atoms with Crippen molar-refractivity contribution in [1.29, 1.82) is 0 Å². The summed E-state index contributed by atoms with van der Waals surface area (Å²) in [6.07, 6.45) is 3.35. The molecule has 26 heavy (non-hydrogen) atoms. The molecule has 0 amide bonds. The molecule has 2 aliphatic carbocycles. The van der Waals surface area contributed by atoms with Crippen molar-refractivity contribution in [3.05, 3.63) is 33.5 Å². The molecule has 140 valence electrons. The lowest BCUT2D eigenvalue weighted by Gasteiger charge is -2.55. The second-order valence-electron chi connectivity index (χ2n) is 7.41. The Kier molecular flexibility index (Phi) is 4.10. The molecule has 2 aliphatic heterocycles. The monoisotopic (exact) mass is 441 g/mol. The molecule has 1 aromatic carbocycles. The van der Waals surface area contributed by atoms with Gasteiger partial charge in [-0.2, -0.15) is 0 Å². The number of likely N-dealkylation sites (tertiary alicyclic amines) is 1. The van der Waals surface area contributed by atoms with E-state index in [9.17, 15) is 4.79 Å². The van der Waals surface area contributed by atoms with E-state index in [0.717, 1.165) is 29.6 Å². The minimum absolute atomic E-state index is 0. The molecular weight excluding hydrogens is 422 g/mol. The van der Waals surface area contributed by atoms with Crippen molar-refractivity contribution < 1.29 is 19.0 Å². The predicted octanol–water partition coefficient (Wildman–Crippen LogP) is 2.87. The summed E-state index contributed by atoms with van der Waals surface area (Å²) in [6.45, 7) is 0.957. The van der Waals surface area contributed by atoms with Gasteiger partial charge in [-0.25, -0.2) is 0 Å². The maximum Gasteiger partial charge on any atom is 0.238 e. The first-order valence-electron chi connectivity index (χ1n) is 8.59. The molecule has 1 aromatic rings. The number of hydrogen-bond acceptors (Lipinski definition) is 5. The lowest BCUT2D eigenvalue weighted by molar-refractivity contribution is -0.132. The van der Waals surface area contributed by atoms with Crippen molar-refractivity contribution in [3.8, 4) is 11.5 Å². The second kappa shape index (κ2) is 5.88. The van der Waals surface area contributed by atoms with Crippen LogP contribution in [0.25, 0.3) is 0 Å². The van der Waals surface area contributed by atoms with Crippen LogP contribution in [0, 0.1) is 5.92 Å². The molecule has 5 nitrogen and oxygen atoms in total. The van der Waals surface area contributed by atoms with Crippen LogP contribution in [-0.2, 0) is 21.4 Å². The van der Waals surface area contributed by atoms with Gasteiger partial charge >= 0.3 is 0 Å². The maximum atomic E-state index is 13.1. The number of carbonyl (C=O) groups is 1. The molecule has 0 unspecified atom stereocenters. The van der Waals surface area contributed by atoms with E-state index >= 15 is 0 Å². The number of carbonyl (C=O) groups excluding carboxylic acids is 1. The molecule has 5 rings (SSSR count). The van der Waals surface area contributed by atoms with Crippen molar-refractivity contribution in [2.75, 3.05) is 27.8 Å².